The summed E-state index contributed by atoms with van der Waals surface area (Å²) in [5, 5.41) is 7.99. The van der Waals surface area contributed by atoms with Crippen molar-refractivity contribution in [1.29, 1.82) is 0 Å². The highest BCUT2D eigenvalue weighted by Gasteiger charge is 2.34. The molecule has 11 heteroatoms. The number of nitrogens with zero attached hydrogens (tertiary/aromatic N) is 4. The van der Waals surface area contributed by atoms with Crippen molar-refractivity contribution < 1.29 is 27.2 Å². The van der Waals surface area contributed by atoms with Gasteiger partial charge in [0, 0.05) is 24.9 Å². The van der Waals surface area contributed by atoms with Crippen LogP contribution >= 0.6 is 11.8 Å². The minimum atomic E-state index is -4.37. The maximum absolute atomic E-state index is 12.6. The van der Waals surface area contributed by atoms with Crippen molar-refractivity contribution in [3.8, 4) is 0 Å². The van der Waals surface area contributed by atoms with E-state index in [1.54, 1.807) is 6.92 Å². The van der Waals surface area contributed by atoms with Gasteiger partial charge in [0.1, 0.15) is 0 Å². The van der Waals surface area contributed by atoms with Crippen LogP contribution in [0.2, 0.25) is 0 Å². The van der Waals surface area contributed by atoms with Crippen LogP contribution in [0.25, 0.3) is 0 Å². The number of carbonyl (C=O) groups is 2. The van der Waals surface area contributed by atoms with Gasteiger partial charge in [0.2, 0.25) is 11.8 Å². The first-order valence-electron chi connectivity index (χ1n) is 8.13. The number of carbonyl (C=O) groups excluding carboxylic acids is 2. The van der Waals surface area contributed by atoms with Crippen LogP contribution in [0.5, 0.6) is 0 Å². The molecule has 0 saturated carbocycles. The van der Waals surface area contributed by atoms with Crippen LogP contribution in [0, 0.1) is 5.92 Å². The summed E-state index contributed by atoms with van der Waals surface area (Å²) in [6, 6.07) is 4.20. The van der Waals surface area contributed by atoms with Crippen molar-refractivity contribution in [2.45, 2.75) is 30.5 Å². The Kier molecular flexibility index (Phi) is 5.54. The molecule has 1 unspecified atom stereocenters. The Labute approximate surface area is 162 Å². The van der Waals surface area contributed by atoms with Gasteiger partial charge in [0.25, 0.3) is 5.22 Å². The molecule has 0 aliphatic carbocycles. The van der Waals surface area contributed by atoms with Crippen LogP contribution < -0.4 is 0 Å². The Bertz CT molecular complexity index is 924. The van der Waals surface area contributed by atoms with Crippen LogP contribution in [0.1, 0.15) is 23.9 Å². The van der Waals surface area contributed by atoms with Crippen molar-refractivity contribution >= 4 is 29.4 Å². The zero-order chi connectivity index (χ0) is 20.5. The van der Waals surface area contributed by atoms with Gasteiger partial charge in [0.05, 0.1) is 11.5 Å². The summed E-state index contributed by atoms with van der Waals surface area (Å²) in [6.07, 6.45) is -4.26. The molecule has 0 radical (unpaired) electrons. The van der Waals surface area contributed by atoms with E-state index in [1.165, 1.54) is 30.9 Å². The summed E-state index contributed by atoms with van der Waals surface area (Å²) in [7, 11) is 1.35. The number of thioether (sulfide) groups is 1. The number of imide groups is 1. The fourth-order valence-corrected chi connectivity index (χ4v) is 3.27. The molecule has 1 aromatic heterocycles. The van der Waals surface area contributed by atoms with Gasteiger partial charge in [-0.2, -0.15) is 13.2 Å². The lowest BCUT2D eigenvalue weighted by Gasteiger charge is -2.24. The number of hydrogen-bond acceptors (Lipinski definition) is 6. The molecule has 148 valence electrons. The highest BCUT2D eigenvalue weighted by Crippen LogP contribution is 2.30. The van der Waals surface area contributed by atoms with Crippen molar-refractivity contribution in [3.05, 3.63) is 41.3 Å². The van der Waals surface area contributed by atoms with E-state index < -0.39 is 29.6 Å². The van der Waals surface area contributed by atoms with Crippen molar-refractivity contribution in [3.63, 3.8) is 0 Å². The highest BCUT2D eigenvalue weighted by atomic mass is 32.2. The monoisotopic (exact) mass is 412 g/mol. The van der Waals surface area contributed by atoms with Crippen molar-refractivity contribution in [2.75, 3.05) is 7.05 Å². The maximum atomic E-state index is 12.6. The molecule has 7 nitrogen and oxygen atoms in total. The number of aliphatic imine (C=N–C) groups is 1. The van der Waals surface area contributed by atoms with E-state index in [-0.39, 0.29) is 17.5 Å². The summed E-state index contributed by atoms with van der Waals surface area (Å²) in [5.41, 5.74) is 0.340. The summed E-state index contributed by atoms with van der Waals surface area (Å²) >= 11 is 1.17. The highest BCUT2D eigenvalue weighted by molar-refractivity contribution is 7.98. The quantitative estimate of drug-likeness (QED) is 0.698. The van der Waals surface area contributed by atoms with Gasteiger partial charge in [-0.3, -0.25) is 9.69 Å². The Morgan fingerprint density at radius 1 is 1.18 bits per heavy atom. The van der Waals surface area contributed by atoms with Gasteiger partial charge in [-0.15, -0.1) is 10.2 Å². The summed E-state index contributed by atoms with van der Waals surface area (Å²) < 4.78 is 43.2. The number of halogens is 3. The molecule has 0 spiro atoms. The van der Waals surface area contributed by atoms with Crippen molar-refractivity contribution in [1.82, 2.24) is 15.1 Å². The van der Waals surface area contributed by atoms with E-state index in [0.717, 1.165) is 17.0 Å². The molecule has 0 bridgehead atoms. The van der Waals surface area contributed by atoms with Crippen molar-refractivity contribution in [2.24, 2.45) is 10.9 Å². The van der Waals surface area contributed by atoms with Gasteiger partial charge in [-0.05, 0) is 24.6 Å². The number of amides is 3. The minimum absolute atomic E-state index is 0.111. The molecule has 1 aliphatic heterocycles. The second kappa shape index (κ2) is 7.74. The SMILES string of the molecule is CC1=NC(=O)N(C)C(=O)C1Cc1nnc(SCc2ccc(C(F)(F)F)cc2)o1. The number of aromatic nitrogens is 2. The molecular weight excluding hydrogens is 397 g/mol. The fraction of sp³-hybridized carbons (Fsp3) is 0.353. The van der Waals surface area contributed by atoms with E-state index in [0.29, 0.717) is 17.0 Å². The number of alkyl halides is 3. The van der Waals surface area contributed by atoms with E-state index in [2.05, 4.69) is 15.2 Å². The normalized spacial score (nSPS) is 17.8. The predicted octanol–water partition coefficient (Wildman–Crippen LogP) is 3.59. The first-order chi connectivity index (χ1) is 13.1. The molecule has 28 heavy (non-hydrogen) atoms. The van der Waals surface area contributed by atoms with Crippen LogP contribution in [0.15, 0.2) is 38.9 Å². The van der Waals surface area contributed by atoms with E-state index in [9.17, 15) is 22.8 Å². The van der Waals surface area contributed by atoms with Gasteiger partial charge < -0.3 is 4.42 Å². The third kappa shape index (κ3) is 4.41. The lowest BCUT2D eigenvalue weighted by molar-refractivity contribution is -0.137. The minimum Gasteiger partial charge on any atom is -0.416 e. The third-order valence-corrected chi connectivity index (χ3v) is 5.05. The van der Waals surface area contributed by atoms with Gasteiger partial charge in [-0.1, -0.05) is 23.9 Å². The van der Waals surface area contributed by atoms with Crippen LogP contribution in [0.3, 0.4) is 0 Å². The zero-order valence-electron chi connectivity index (χ0n) is 14.9. The van der Waals surface area contributed by atoms with Gasteiger partial charge >= 0.3 is 12.2 Å². The standard InChI is InChI=1S/C17H15F3N4O3S/c1-9-12(14(25)24(2)15(26)21-9)7-13-22-23-16(27-13)28-8-10-3-5-11(6-4-10)17(18,19)20/h3-6,12H,7-8H2,1-2H3. The van der Waals surface area contributed by atoms with Gasteiger partial charge in [0.15, 0.2) is 0 Å². The average molecular weight is 412 g/mol. The van der Waals surface area contributed by atoms with Crippen LogP contribution in [-0.2, 0) is 23.1 Å². The fourth-order valence-electron chi connectivity index (χ4n) is 2.53. The zero-order valence-corrected chi connectivity index (χ0v) is 15.7. The Hall–Kier alpha value is -2.69. The second-order valence-corrected chi connectivity index (χ2v) is 7.06. The lowest BCUT2D eigenvalue weighted by atomic mass is 9.97. The molecule has 3 rings (SSSR count). The third-order valence-electron chi connectivity index (χ3n) is 4.16. The number of hydrogen-bond donors (Lipinski definition) is 0. The Balaban J connectivity index is 1.61. The molecule has 2 heterocycles. The Morgan fingerprint density at radius 2 is 1.86 bits per heavy atom. The number of benzene rings is 1. The second-order valence-electron chi connectivity index (χ2n) is 6.13. The molecule has 1 aromatic carbocycles. The lowest BCUT2D eigenvalue weighted by Crippen LogP contribution is -2.44. The molecule has 0 N–H and O–H groups in total. The smallest absolute Gasteiger partial charge is 0.416 e. The van der Waals surface area contributed by atoms with Gasteiger partial charge in [-0.25, -0.2) is 9.79 Å². The Morgan fingerprint density at radius 3 is 2.50 bits per heavy atom. The molecule has 1 aliphatic rings. The summed E-state index contributed by atoms with van der Waals surface area (Å²) in [6.45, 7) is 1.59. The molecule has 0 fully saturated rings. The van der Waals surface area contributed by atoms with Crippen LogP contribution in [0.4, 0.5) is 18.0 Å². The first kappa shape index (κ1) is 20.1. The molecule has 0 saturated heterocycles. The maximum Gasteiger partial charge on any atom is 0.416 e. The summed E-state index contributed by atoms with van der Waals surface area (Å²) in [4.78, 5) is 28.5. The molecule has 3 amide bonds. The molecule has 1 atom stereocenters. The van der Waals surface area contributed by atoms with E-state index >= 15 is 0 Å². The average Bonchev–Trinajstić information content (AvgIpc) is 3.09. The molecular formula is C17H15F3N4O3S. The van der Waals surface area contributed by atoms with Crippen LogP contribution in [-0.4, -0.2) is 39.8 Å². The number of urea groups is 1. The first-order valence-corrected chi connectivity index (χ1v) is 9.11. The largest absolute Gasteiger partial charge is 0.416 e. The predicted molar refractivity (Wildman–Crippen MR) is 93.8 cm³/mol. The number of rotatable bonds is 5. The summed E-state index contributed by atoms with van der Waals surface area (Å²) in [5.74, 6) is -0.490. The van der Waals surface area contributed by atoms with E-state index in [1.807, 2.05) is 0 Å². The van der Waals surface area contributed by atoms with E-state index in [4.69, 9.17) is 4.42 Å². The topological polar surface area (TPSA) is 88.7 Å². The molecule has 2 aromatic rings.